The van der Waals surface area contributed by atoms with Crippen molar-refractivity contribution >= 4 is 26.1 Å². The number of carbonyl (C=O) groups excluding carboxylic acids is 1. The maximum atomic E-state index is 11.2. The number of nitrogens with zero attached hydrogens (tertiary/aromatic N) is 3. The Kier molecular flexibility index (Phi) is 7.24. The fourth-order valence-electron chi connectivity index (χ4n) is 2.49. The number of carbonyl (C=O) groups is 1. The summed E-state index contributed by atoms with van der Waals surface area (Å²) in [6, 6.07) is 0. The first-order valence-corrected chi connectivity index (χ1v) is 9.21. The summed E-state index contributed by atoms with van der Waals surface area (Å²) < 4.78 is 28.1. The van der Waals surface area contributed by atoms with Crippen LogP contribution in [0.25, 0.3) is 0 Å². The van der Waals surface area contributed by atoms with Crippen LogP contribution in [0.15, 0.2) is 10.1 Å². The van der Waals surface area contributed by atoms with Crippen molar-refractivity contribution in [2.24, 2.45) is 15.8 Å². The van der Waals surface area contributed by atoms with Crippen LogP contribution >= 0.6 is 7.60 Å². The van der Waals surface area contributed by atoms with Crippen LogP contribution in [0, 0.1) is 0 Å². The van der Waals surface area contributed by atoms with E-state index < -0.39 is 37.7 Å². The molecule has 4 N–H and O–H groups in total. The van der Waals surface area contributed by atoms with E-state index in [0.29, 0.717) is 0 Å². The van der Waals surface area contributed by atoms with Crippen molar-refractivity contribution in [3.05, 3.63) is 0 Å². The smallest absolute Gasteiger partial charge is 0.325 e. The molecular weight excluding hydrogens is 355 g/mol. The highest BCUT2D eigenvalue weighted by Gasteiger charge is 2.47. The van der Waals surface area contributed by atoms with Crippen LogP contribution < -0.4 is 5.73 Å². The van der Waals surface area contributed by atoms with E-state index >= 15 is 0 Å². The molecule has 0 aliphatic carbocycles. The number of amides is 1. The summed E-state index contributed by atoms with van der Waals surface area (Å²) in [5.41, 5.74) is 5.14. The lowest BCUT2D eigenvalue weighted by Gasteiger charge is -2.31. The lowest BCUT2D eigenvalue weighted by atomic mass is 10.1. The highest BCUT2D eigenvalue weighted by Crippen LogP contribution is 2.39. The van der Waals surface area contributed by atoms with Gasteiger partial charge in [-0.3, -0.25) is 14.4 Å². The molecule has 1 saturated heterocycles. The number of hydrazone groups is 1. The molecule has 1 heterocycles. The second kappa shape index (κ2) is 8.35. The van der Waals surface area contributed by atoms with Crippen molar-refractivity contribution in [2.45, 2.75) is 44.5 Å². The van der Waals surface area contributed by atoms with E-state index in [1.165, 1.54) is 19.2 Å². The van der Waals surface area contributed by atoms with Crippen LogP contribution in [-0.4, -0.2) is 77.8 Å². The molecule has 25 heavy (non-hydrogen) atoms. The largest absolute Gasteiger partial charge is 0.363 e. The second-order valence-electron chi connectivity index (χ2n) is 5.96. The zero-order valence-electron chi connectivity index (χ0n) is 14.7. The number of ether oxygens (including phenoxy) is 3. The average Bonchev–Trinajstić information content (AvgIpc) is 2.77. The third-order valence-electron chi connectivity index (χ3n) is 3.44. The molecule has 0 bridgehead atoms. The molecule has 144 valence electrons. The minimum absolute atomic E-state index is 0.0537. The zero-order chi connectivity index (χ0) is 19.4. The monoisotopic (exact) mass is 380 g/mol. The molecule has 0 saturated carbocycles. The van der Waals surface area contributed by atoms with Crippen LogP contribution in [0.4, 0.5) is 0 Å². The van der Waals surface area contributed by atoms with Crippen molar-refractivity contribution < 1.29 is 33.4 Å². The van der Waals surface area contributed by atoms with Crippen LogP contribution in [0.1, 0.15) is 20.3 Å². The SMILES string of the molecule is C=N/C(=N\N(C)C(OC)C1OC(C)(C)OC1CCP(=O)(O)O)C(N)=O. The number of hydrogen-bond donors (Lipinski definition) is 3. The molecule has 0 aromatic rings. The average molecular weight is 380 g/mol. The molecule has 1 rings (SSSR count). The number of primary amides is 1. The van der Waals surface area contributed by atoms with Gasteiger partial charge in [0, 0.05) is 14.2 Å². The maximum absolute atomic E-state index is 11.2. The predicted octanol–water partition coefficient (Wildman–Crippen LogP) is -0.522. The molecule has 1 amide bonds. The van der Waals surface area contributed by atoms with Gasteiger partial charge in [0.2, 0.25) is 5.84 Å². The third-order valence-corrected chi connectivity index (χ3v) is 4.28. The van der Waals surface area contributed by atoms with Gasteiger partial charge in [0.25, 0.3) is 5.91 Å². The molecule has 0 spiro atoms. The summed E-state index contributed by atoms with van der Waals surface area (Å²) in [6.45, 7) is 6.57. The van der Waals surface area contributed by atoms with Gasteiger partial charge in [0.15, 0.2) is 12.0 Å². The highest BCUT2D eigenvalue weighted by atomic mass is 31.2. The van der Waals surface area contributed by atoms with Crippen LogP contribution in [0.3, 0.4) is 0 Å². The molecule has 3 atom stereocenters. The van der Waals surface area contributed by atoms with Gasteiger partial charge < -0.3 is 29.7 Å². The summed E-state index contributed by atoms with van der Waals surface area (Å²) in [7, 11) is -1.28. The number of likely N-dealkylation sites (N-methyl/N-ethyl adjacent to an activating group) is 1. The van der Waals surface area contributed by atoms with Crippen LogP contribution in [-0.2, 0) is 23.6 Å². The van der Waals surface area contributed by atoms with Gasteiger partial charge in [0.05, 0.1) is 12.3 Å². The second-order valence-corrected chi connectivity index (χ2v) is 7.74. The topological polar surface area (TPSA) is 156 Å². The molecule has 1 aliphatic rings. The minimum atomic E-state index is -4.19. The molecule has 0 aromatic heterocycles. The quantitative estimate of drug-likeness (QED) is 0.175. The van der Waals surface area contributed by atoms with Gasteiger partial charge in [-0.1, -0.05) is 0 Å². The minimum Gasteiger partial charge on any atom is -0.363 e. The van der Waals surface area contributed by atoms with Gasteiger partial charge in [0.1, 0.15) is 6.10 Å². The number of methoxy groups -OCH3 is 1. The van der Waals surface area contributed by atoms with Crippen LogP contribution in [0.5, 0.6) is 0 Å². The predicted molar refractivity (Wildman–Crippen MR) is 90.1 cm³/mol. The Morgan fingerprint density at radius 3 is 2.52 bits per heavy atom. The lowest BCUT2D eigenvalue weighted by Crippen LogP contribution is -2.46. The first-order valence-electron chi connectivity index (χ1n) is 7.41. The van der Waals surface area contributed by atoms with Crippen molar-refractivity contribution in [2.75, 3.05) is 20.3 Å². The highest BCUT2D eigenvalue weighted by molar-refractivity contribution is 7.51. The Morgan fingerprint density at radius 2 is 2.08 bits per heavy atom. The van der Waals surface area contributed by atoms with Gasteiger partial charge in [-0.2, -0.15) is 0 Å². The van der Waals surface area contributed by atoms with Crippen molar-refractivity contribution in [1.29, 1.82) is 0 Å². The maximum Gasteiger partial charge on any atom is 0.325 e. The number of nitrogens with two attached hydrogens (primary N) is 1. The Bertz CT molecular complexity index is 577. The lowest BCUT2D eigenvalue weighted by molar-refractivity contribution is -0.172. The Morgan fingerprint density at radius 1 is 1.48 bits per heavy atom. The van der Waals surface area contributed by atoms with Gasteiger partial charge >= 0.3 is 7.60 Å². The molecular formula is C13H25N4O7P. The summed E-state index contributed by atoms with van der Waals surface area (Å²) in [6.07, 6.45) is -2.51. The Hall–Kier alpha value is -1.36. The van der Waals surface area contributed by atoms with E-state index in [4.69, 9.17) is 29.7 Å². The first-order chi connectivity index (χ1) is 11.4. The number of aliphatic imine (C=N–C) groups is 1. The molecule has 0 radical (unpaired) electrons. The normalized spacial score (nSPS) is 24.8. The summed E-state index contributed by atoms with van der Waals surface area (Å²) in [5.74, 6) is -2.15. The first kappa shape index (κ1) is 21.7. The van der Waals surface area contributed by atoms with E-state index in [-0.39, 0.29) is 18.4 Å². The van der Waals surface area contributed by atoms with E-state index in [1.807, 2.05) is 0 Å². The fraction of sp³-hybridized carbons (Fsp3) is 0.769. The standard InChI is InChI=1S/C13H25N4O7P/c1-13(2)23-8(6-7-25(19,20)21)9(24-13)12(22-5)17(4)16-11(15-3)10(14)18/h8-9,12H,3,6-7H2,1-2,4-5H3,(H2,14,18)(H2,19,20,21)/b16-11-. The van der Waals surface area contributed by atoms with Gasteiger partial charge in [-0.15, -0.1) is 5.10 Å². The van der Waals surface area contributed by atoms with Crippen molar-refractivity contribution in [1.82, 2.24) is 5.01 Å². The van der Waals surface area contributed by atoms with Gasteiger partial charge in [-0.25, -0.2) is 4.99 Å². The Balaban J connectivity index is 3.02. The van der Waals surface area contributed by atoms with Crippen LogP contribution in [0.2, 0.25) is 0 Å². The molecule has 1 fully saturated rings. The third kappa shape index (κ3) is 6.46. The van der Waals surface area contributed by atoms with E-state index in [1.54, 1.807) is 13.8 Å². The summed E-state index contributed by atoms with van der Waals surface area (Å²) in [4.78, 5) is 32.8. The zero-order valence-corrected chi connectivity index (χ0v) is 15.5. The molecule has 0 aromatic carbocycles. The van der Waals surface area contributed by atoms with Crippen molar-refractivity contribution in [3.8, 4) is 0 Å². The number of rotatable bonds is 7. The summed E-state index contributed by atoms with van der Waals surface area (Å²) >= 11 is 0. The Labute approximate surface area is 146 Å². The number of amidine groups is 1. The molecule has 1 aliphatic heterocycles. The van der Waals surface area contributed by atoms with Gasteiger partial charge in [-0.05, 0) is 27.0 Å². The number of hydrogen-bond acceptors (Lipinski definition) is 7. The van der Waals surface area contributed by atoms with E-state index in [9.17, 15) is 9.36 Å². The van der Waals surface area contributed by atoms with E-state index in [2.05, 4.69) is 16.8 Å². The van der Waals surface area contributed by atoms with Crippen molar-refractivity contribution in [3.63, 3.8) is 0 Å². The molecule has 12 heteroatoms. The fourth-order valence-corrected chi connectivity index (χ4v) is 3.08. The van der Waals surface area contributed by atoms with E-state index in [0.717, 1.165) is 0 Å². The molecule has 11 nitrogen and oxygen atoms in total. The molecule has 3 unspecified atom stereocenters. The summed E-state index contributed by atoms with van der Waals surface area (Å²) in [5, 5.41) is 5.21.